The van der Waals surface area contributed by atoms with Crippen LogP contribution in [0, 0.1) is 5.92 Å². The number of hydrogen-bond donors (Lipinski definition) is 3. The van der Waals surface area contributed by atoms with E-state index < -0.39 is 12.0 Å². The fraction of sp³-hybridized carbons (Fsp3) is 0.385. The summed E-state index contributed by atoms with van der Waals surface area (Å²) in [5, 5.41) is 14.5. The van der Waals surface area contributed by atoms with Crippen LogP contribution in [0.25, 0.3) is 0 Å². The lowest BCUT2D eigenvalue weighted by atomic mass is 10.2. The predicted octanol–water partition coefficient (Wildman–Crippen LogP) is 2.44. The van der Waals surface area contributed by atoms with Crippen LogP contribution in [0.5, 0.6) is 0 Å². The van der Waals surface area contributed by atoms with Gasteiger partial charge in [0.2, 0.25) is 0 Å². The number of nitrogens with one attached hydrogen (secondary N) is 2. The molecule has 1 aromatic carbocycles. The molecule has 0 saturated carbocycles. The van der Waals surface area contributed by atoms with E-state index in [0.717, 1.165) is 0 Å². The number of carboxylic acids is 1. The van der Waals surface area contributed by atoms with Crippen LogP contribution in [-0.2, 0) is 4.74 Å². The van der Waals surface area contributed by atoms with Crippen LogP contribution in [0.4, 0.5) is 10.5 Å². The Labute approximate surface area is 122 Å². The first kappa shape index (κ1) is 16.3. The van der Waals surface area contributed by atoms with Gasteiger partial charge in [0, 0.05) is 18.7 Å². The number of anilines is 1. The fourth-order valence-electron chi connectivity index (χ4n) is 1.58. The Morgan fingerprint density at radius 2 is 2.15 bits per heavy atom. The third kappa shape index (κ3) is 5.07. The van der Waals surface area contributed by atoms with E-state index in [1.165, 1.54) is 18.2 Å². The van der Waals surface area contributed by atoms with Crippen LogP contribution in [0.2, 0.25) is 5.02 Å². The summed E-state index contributed by atoms with van der Waals surface area (Å²) in [7, 11) is 1.58. The second-order valence-corrected chi connectivity index (χ2v) is 4.83. The van der Waals surface area contributed by atoms with E-state index in [4.69, 9.17) is 21.4 Å². The van der Waals surface area contributed by atoms with Crippen LogP contribution in [0.3, 0.4) is 0 Å². The van der Waals surface area contributed by atoms with Crippen molar-refractivity contribution < 1.29 is 19.4 Å². The number of hydrogen-bond acceptors (Lipinski definition) is 3. The Morgan fingerprint density at radius 1 is 1.45 bits per heavy atom. The van der Waals surface area contributed by atoms with E-state index in [2.05, 4.69) is 10.6 Å². The van der Waals surface area contributed by atoms with Crippen molar-refractivity contribution in [2.75, 3.05) is 25.6 Å². The highest BCUT2D eigenvalue weighted by atomic mass is 35.5. The van der Waals surface area contributed by atoms with E-state index in [-0.39, 0.29) is 17.2 Å². The number of carbonyl (C=O) groups excluding carboxylic acids is 1. The predicted molar refractivity (Wildman–Crippen MR) is 76.5 cm³/mol. The Bertz CT molecular complexity index is 493. The molecule has 110 valence electrons. The number of urea groups is 1. The molecule has 1 unspecified atom stereocenters. The first-order valence-corrected chi connectivity index (χ1v) is 6.38. The van der Waals surface area contributed by atoms with Gasteiger partial charge in [-0.3, -0.25) is 0 Å². The lowest BCUT2D eigenvalue weighted by Crippen LogP contribution is -2.33. The van der Waals surface area contributed by atoms with Gasteiger partial charge in [-0.2, -0.15) is 0 Å². The highest BCUT2D eigenvalue weighted by Gasteiger charge is 2.13. The summed E-state index contributed by atoms with van der Waals surface area (Å²) in [6.07, 6.45) is 0. The Hall–Kier alpha value is -1.79. The van der Waals surface area contributed by atoms with Gasteiger partial charge in [-0.15, -0.1) is 0 Å². The molecule has 0 bridgehead atoms. The Morgan fingerprint density at radius 3 is 2.75 bits per heavy atom. The van der Waals surface area contributed by atoms with E-state index >= 15 is 0 Å². The molecule has 2 amide bonds. The SMILES string of the molecule is COCC(C)CNC(=O)Nc1cc(Cl)ccc1C(=O)O. The smallest absolute Gasteiger partial charge is 0.337 e. The lowest BCUT2D eigenvalue weighted by Gasteiger charge is -2.13. The molecule has 20 heavy (non-hydrogen) atoms. The first-order chi connectivity index (χ1) is 9.43. The van der Waals surface area contributed by atoms with Crippen LogP contribution < -0.4 is 10.6 Å². The van der Waals surface area contributed by atoms with Crippen molar-refractivity contribution in [3.05, 3.63) is 28.8 Å². The topological polar surface area (TPSA) is 87.7 Å². The molecule has 1 rings (SSSR count). The first-order valence-electron chi connectivity index (χ1n) is 6.00. The summed E-state index contributed by atoms with van der Waals surface area (Å²) in [5.41, 5.74) is 0.136. The van der Waals surface area contributed by atoms with Crippen molar-refractivity contribution in [2.24, 2.45) is 5.92 Å². The number of rotatable bonds is 6. The summed E-state index contributed by atoms with van der Waals surface area (Å²) < 4.78 is 4.95. The monoisotopic (exact) mass is 300 g/mol. The van der Waals surface area contributed by atoms with Gasteiger partial charge >= 0.3 is 12.0 Å². The molecule has 0 aliphatic carbocycles. The quantitative estimate of drug-likeness (QED) is 0.753. The molecule has 0 saturated heterocycles. The Kier molecular flexibility index (Phi) is 6.27. The molecule has 0 aliphatic heterocycles. The van der Waals surface area contributed by atoms with Crippen molar-refractivity contribution in [3.8, 4) is 0 Å². The van der Waals surface area contributed by atoms with Gasteiger partial charge in [0.05, 0.1) is 17.9 Å². The van der Waals surface area contributed by atoms with Gasteiger partial charge in [-0.05, 0) is 24.1 Å². The Balaban J connectivity index is 2.66. The van der Waals surface area contributed by atoms with E-state index in [0.29, 0.717) is 18.2 Å². The minimum absolute atomic E-state index is 0.0190. The van der Waals surface area contributed by atoms with E-state index in [1.807, 2.05) is 6.92 Å². The number of halogens is 1. The summed E-state index contributed by atoms with van der Waals surface area (Å²) in [6, 6.07) is 3.70. The highest BCUT2D eigenvalue weighted by molar-refractivity contribution is 6.31. The minimum atomic E-state index is -1.13. The highest BCUT2D eigenvalue weighted by Crippen LogP contribution is 2.21. The molecule has 0 fully saturated rings. The third-order valence-corrected chi connectivity index (χ3v) is 2.76. The molecule has 3 N–H and O–H groups in total. The maximum absolute atomic E-state index is 11.7. The zero-order chi connectivity index (χ0) is 15.1. The van der Waals surface area contributed by atoms with Crippen LogP contribution in [0.1, 0.15) is 17.3 Å². The molecule has 0 radical (unpaired) electrons. The maximum Gasteiger partial charge on any atom is 0.337 e. The molecule has 0 spiro atoms. The molecule has 1 aromatic rings. The second kappa shape index (κ2) is 7.72. The van der Waals surface area contributed by atoms with Gasteiger partial charge in [-0.1, -0.05) is 18.5 Å². The lowest BCUT2D eigenvalue weighted by molar-refractivity contribution is 0.0698. The molecule has 6 nitrogen and oxygen atoms in total. The number of amides is 2. The van der Waals surface area contributed by atoms with Crippen LogP contribution in [0.15, 0.2) is 18.2 Å². The van der Waals surface area contributed by atoms with Crippen molar-refractivity contribution in [1.29, 1.82) is 0 Å². The van der Waals surface area contributed by atoms with Crippen molar-refractivity contribution in [2.45, 2.75) is 6.92 Å². The van der Waals surface area contributed by atoms with Gasteiger partial charge < -0.3 is 20.5 Å². The molecular weight excluding hydrogens is 284 g/mol. The number of methoxy groups -OCH3 is 1. The third-order valence-electron chi connectivity index (χ3n) is 2.52. The standard InChI is InChI=1S/C13H17ClN2O4/c1-8(7-20-2)6-15-13(19)16-11-5-9(14)3-4-10(11)12(17)18/h3-5,8H,6-7H2,1-2H3,(H,17,18)(H2,15,16,19). The molecule has 0 heterocycles. The van der Waals surface area contributed by atoms with Gasteiger partial charge in [0.1, 0.15) is 0 Å². The summed E-state index contributed by atoms with van der Waals surface area (Å²) in [4.78, 5) is 22.7. The van der Waals surface area contributed by atoms with Crippen LogP contribution in [-0.4, -0.2) is 37.4 Å². The molecule has 1 atom stereocenters. The van der Waals surface area contributed by atoms with E-state index in [9.17, 15) is 9.59 Å². The number of carbonyl (C=O) groups is 2. The number of carboxylic acid groups (broad SMARTS) is 1. The zero-order valence-corrected chi connectivity index (χ0v) is 12.0. The van der Waals surface area contributed by atoms with Gasteiger partial charge in [0.25, 0.3) is 0 Å². The van der Waals surface area contributed by atoms with Crippen molar-refractivity contribution in [1.82, 2.24) is 5.32 Å². The van der Waals surface area contributed by atoms with E-state index in [1.54, 1.807) is 7.11 Å². The number of ether oxygens (including phenoxy) is 1. The summed E-state index contributed by atoms with van der Waals surface area (Å²) in [6.45, 7) is 2.87. The zero-order valence-electron chi connectivity index (χ0n) is 11.3. The van der Waals surface area contributed by atoms with Gasteiger partial charge in [-0.25, -0.2) is 9.59 Å². The summed E-state index contributed by atoms with van der Waals surface area (Å²) in [5.74, 6) is -0.978. The molecule has 7 heteroatoms. The minimum Gasteiger partial charge on any atom is -0.478 e. The summed E-state index contributed by atoms with van der Waals surface area (Å²) >= 11 is 5.79. The second-order valence-electron chi connectivity index (χ2n) is 4.39. The molecule has 0 aliphatic rings. The van der Waals surface area contributed by atoms with Gasteiger partial charge in [0.15, 0.2) is 0 Å². The number of aromatic carboxylic acids is 1. The molecule has 0 aromatic heterocycles. The largest absolute Gasteiger partial charge is 0.478 e. The van der Waals surface area contributed by atoms with Crippen LogP contribution >= 0.6 is 11.6 Å². The fourth-order valence-corrected chi connectivity index (χ4v) is 1.76. The number of benzene rings is 1. The normalized spacial score (nSPS) is 11.8. The molecular formula is C13H17ClN2O4. The average Bonchev–Trinajstić information content (AvgIpc) is 2.36. The maximum atomic E-state index is 11.7. The average molecular weight is 301 g/mol. The van der Waals surface area contributed by atoms with Crippen molar-refractivity contribution >= 4 is 29.3 Å². The van der Waals surface area contributed by atoms with Crippen molar-refractivity contribution in [3.63, 3.8) is 0 Å².